The van der Waals surface area contributed by atoms with E-state index in [1.807, 2.05) is 56.6 Å². The Balaban J connectivity index is 1.60. The van der Waals surface area contributed by atoms with Gasteiger partial charge < -0.3 is 15.1 Å². The fourth-order valence-corrected chi connectivity index (χ4v) is 3.60. The van der Waals surface area contributed by atoms with Crippen molar-refractivity contribution in [3.05, 3.63) is 65.2 Å². The third kappa shape index (κ3) is 4.78. The Morgan fingerprint density at radius 2 is 1.79 bits per heavy atom. The van der Waals surface area contributed by atoms with Crippen LogP contribution in [0.2, 0.25) is 0 Å². The van der Waals surface area contributed by atoms with Crippen LogP contribution in [0, 0.1) is 5.92 Å². The van der Waals surface area contributed by atoms with Crippen molar-refractivity contribution < 1.29 is 9.59 Å². The number of rotatable bonds is 7. The van der Waals surface area contributed by atoms with Crippen LogP contribution in [-0.4, -0.2) is 37.4 Å². The number of benzene rings is 2. The summed E-state index contributed by atoms with van der Waals surface area (Å²) in [5.74, 6) is -0.350. The van der Waals surface area contributed by atoms with Gasteiger partial charge in [0.1, 0.15) is 0 Å². The quantitative estimate of drug-likeness (QED) is 0.805. The minimum Gasteiger partial charge on any atom is -0.352 e. The number of hydrogen-bond donors (Lipinski definition) is 1. The number of nitrogens with one attached hydrogen (secondary N) is 1. The van der Waals surface area contributed by atoms with Gasteiger partial charge in [-0.3, -0.25) is 9.59 Å². The van der Waals surface area contributed by atoms with Gasteiger partial charge in [0.2, 0.25) is 11.8 Å². The number of amides is 2. The van der Waals surface area contributed by atoms with Crippen LogP contribution in [0.3, 0.4) is 0 Å². The van der Waals surface area contributed by atoms with Crippen LogP contribution < -0.4 is 10.2 Å². The lowest BCUT2D eigenvalue weighted by molar-refractivity contribution is -0.126. The second-order valence-electron chi connectivity index (χ2n) is 7.65. The molecule has 0 aliphatic carbocycles. The monoisotopic (exact) mass is 379 g/mol. The summed E-state index contributed by atoms with van der Waals surface area (Å²) in [7, 11) is 4.06. The molecular formula is C23H29N3O2. The summed E-state index contributed by atoms with van der Waals surface area (Å²) in [6.45, 7) is 3.86. The van der Waals surface area contributed by atoms with Crippen LogP contribution >= 0.6 is 0 Å². The minimum atomic E-state index is -0.306. The minimum absolute atomic E-state index is 0.0115. The maximum Gasteiger partial charge on any atom is 0.227 e. The van der Waals surface area contributed by atoms with Crippen molar-refractivity contribution in [1.29, 1.82) is 0 Å². The smallest absolute Gasteiger partial charge is 0.227 e. The van der Waals surface area contributed by atoms with Gasteiger partial charge in [0, 0.05) is 31.7 Å². The molecule has 1 atom stereocenters. The van der Waals surface area contributed by atoms with Crippen molar-refractivity contribution >= 4 is 17.5 Å². The van der Waals surface area contributed by atoms with E-state index in [0.717, 1.165) is 24.2 Å². The first kappa shape index (κ1) is 20.1. The topological polar surface area (TPSA) is 52.7 Å². The molecule has 2 aromatic rings. The van der Waals surface area contributed by atoms with Gasteiger partial charge in [-0.25, -0.2) is 0 Å². The van der Waals surface area contributed by atoms with Gasteiger partial charge in [-0.1, -0.05) is 43.3 Å². The molecule has 1 unspecified atom stereocenters. The fraction of sp³-hybridized carbons (Fsp3) is 0.391. The lowest BCUT2D eigenvalue weighted by Crippen LogP contribution is -2.33. The van der Waals surface area contributed by atoms with E-state index in [1.54, 1.807) is 4.90 Å². The summed E-state index contributed by atoms with van der Waals surface area (Å²) in [5, 5.41) is 3.03. The highest BCUT2D eigenvalue weighted by molar-refractivity contribution is 6.00. The van der Waals surface area contributed by atoms with Gasteiger partial charge >= 0.3 is 0 Å². The lowest BCUT2D eigenvalue weighted by atomic mass is 10.1. The molecule has 5 heteroatoms. The molecule has 1 N–H and O–H groups in total. The molecule has 0 spiro atoms. The molecule has 148 valence electrons. The van der Waals surface area contributed by atoms with Crippen LogP contribution in [0.4, 0.5) is 5.69 Å². The average molecular weight is 380 g/mol. The lowest BCUT2D eigenvalue weighted by Gasteiger charge is -2.18. The molecule has 0 saturated carbocycles. The Morgan fingerprint density at radius 1 is 1.11 bits per heavy atom. The van der Waals surface area contributed by atoms with E-state index in [0.29, 0.717) is 13.1 Å². The van der Waals surface area contributed by atoms with Gasteiger partial charge in [0.05, 0.1) is 5.92 Å². The number of hydrogen-bond acceptors (Lipinski definition) is 3. The molecule has 1 heterocycles. The molecule has 0 aromatic heterocycles. The van der Waals surface area contributed by atoms with Crippen molar-refractivity contribution in [2.24, 2.45) is 5.92 Å². The highest BCUT2D eigenvalue weighted by Gasteiger charge is 2.35. The van der Waals surface area contributed by atoms with Gasteiger partial charge in [0.15, 0.2) is 0 Å². The highest BCUT2D eigenvalue weighted by atomic mass is 16.2. The van der Waals surface area contributed by atoms with Gasteiger partial charge in [0.25, 0.3) is 0 Å². The summed E-state index contributed by atoms with van der Waals surface area (Å²) in [6.07, 6.45) is 1.23. The zero-order valence-corrected chi connectivity index (χ0v) is 16.9. The largest absolute Gasteiger partial charge is 0.352 e. The van der Waals surface area contributed by atoms with E-state index < -0.39 is 0 Å². The summed E-state index contributed by atoms with van der Waals surface area (Å²) in [6, 6.07) is 16.1. The molecule has 1 fully saturated rings. The Morgan fingerprint density at radius 3 is 2.43 bits per heavy atom. The first-order valence-electron chi connectivity index (χ1n) is 9.86. The molecule has 28 heavy (non-hydrogen) atoms. The third-order valence-electron chi connectivity index (χ3n) is 5.21. The van der Waals surface area contributed by atoms with Gasteiger partial charge in [-0.15, -0.1) is 0 Å². The van der Waals surface area contributed by atoms with Crippen molar-refractivity contribution in [2.45, 2.75) is 32.9 Å². The predicted molar refractivity (Wildman–Crippen MR) is 112 cm³/mol. The van der Waals surface area contributed by atoms with E-state index in [2.05, 4.69) is 23.2 Å². The van der Waals surface area contributed by atoms with E-state index in [4.69, 9.17) is 0 Å². The van der Waals surface area contributed by atoms with E-state index in [1.165, 1.54) is 11.1 Å². The molecule has 0 radical (unpaired) electrons. The molecule has 3 rings (SSSR count). The third-order valence-corrected chi connectivity index (χ3v) is 5.21. The maximum absolute atomic E-state index is 12.7. The molecule has 1 aliphatic rings. The highest BCUT2D eigenvalue weighted by Crippen LogP contribution is 2.25. The summed E-state index contributed by atoms with van der Waals surface area (Å²) >= 11 is 0. The molecule has 2 amide bonds. The first-order chi connectivity index (χ1) is 13.5. The Kier molecular flexibility index (Phi) is 6.47. The van der Waals surface area contributed by atoms with Crippen LogP contribution in [0.25, 0.3) is 0 Å². The summed E-state index contributed by atoms with van der Waals surface area (Å²) in [5.41, 5.74) is 4.42. The van der Waals surface area contributed by atoms with Gasteiger partial charge in [-0.2, -0.15) is 0 Å². The molecule has 0 bridgehead atoms. The summed E-state index contributed by atoms with van der Waals surface area (Å²) in [4.78, 5) is 28.9. The predicted octanol–water partition coefficient (Wildman–Crippen LogP) is 2.98. The van der Waals surface area contributed by atoms with Crippen LogP contribution in [0.5, 0.6) is 0 Å². The zero-order valence-electron chi connectivity index (χ0n) is 16.9. The van der Waals surface area contributed by atoms with Crippen molar-refractivity contribution in [3.63, 3.8) is 0 Å². The number of carbonyl (C=O) groups is 2. The molecule has 1 saturated heterocycles. The Hall–Kier alpha value is -2.66. The van der Waals surface area contributed by atoms with E-state index in [9.17, 15) is 9.59 Å². The van der Waals surface area contributed by atoms with Crippen LogP contribution in [0.1, 0.15) is 30.0 Å². The number of anilines is 1. The van der Waals surface area contributed by atoms with Crippen LogP contribution in [0.15, 0.2) is 48.5 Å². The SMILES string of the molecule is CCc1ccc(N2CC(C(=O)NCc3ccccc3CN(C)C)CC2=O)cc1. The van der Waals surface area contributed by atoms with Crippen LogP contribution in [-0.2, 0) is 29.1 Å². The van der Waals surface area contributed by atoms with Crippen molar-refractivity contribution in [3.8, 4) is 0 Å². The summed E-state index contributed by atoms with van der Waals surface area (Å²) < 4.78 is 0. The Labute approximate surface area is 167 Å². The maximum atomic E-state index is 12.7. The zero-order chi connectivity index (χ0) is 20.1. The molecule has 5 nitrogen and oxygen atoms in total. The number of carbonyl (C=O) groups excluding carboxylic acids is 2. The molecule has 1 aliphatic heterocycles. The van der Waals surface area contributed by atoms with Crippen molar-refractivity contribution in [2.75, 3.05) is 25.5 Å². The van der Waals surface area contributed by atoms with Crippen molar-refractivity contribution in [1.82, 2.24) is 10.2 Å². The van der Waals surface area contributed by atoms with E-state index in [-0.39, 0.29) is 24.2 Å². The Bertz CT molecular complexity index is 830. The van der Waals surface area contributed by atoms with Gasteiger partial charge in [-0.05, 0) is 49.3 Å². The standard InChI is InChI=1S/C23H29N3O2/c1-4-17-9-11-21(12-10-17)26-16-20(13-22(26)27)23(28)24-14-18-7-5-6-8-19(18)15-25(2)3/h5-12,20H,4,13-16H2,1-3H3,(H,24,28). The fourth-order valence-electron chi connectivity index (χ4n) is 3.60. The first-order valence-corrected chi connectivity index (χ1v) is 9.86. The number of nitrogens with zero attached hydrogens (tertiary/aromatic N) is 2. The molecule has 2 aromatic carbocycles. The second-order valence-corrected chi connectivity index (χ2v) is 7.65. The number of aryl methyl sites for hydroxylation is 1. The average Bonchev–Trinajstić information content (AvgIpc) is 3.08. The van der Waals surface area contributed by atoms with E-state index >= 15 is 0 Å². The molecular weight excluding hydrogens is 350 g/mol. The second kappa shape index (κ2) is 9.02. The normalized spacial score (nSPS) is 16.6.